The van der Waals surface area contributed by atoms with Crippen LogP contribution in [0.5, 0.6) is 11.6 Å². The number of ether oxygens (including phenoxy) is 4. The fourth-order valence-electron chi connectivity index (χ4n) is 4.48. The van der Waals surface area contributed by atoms with E-state index in [0.717, 1.165) is 58.8 Å². The van der Waals surface area contributed by atoms with Crippen molar-refractivity contribution in [2.24, 2.45) is 0 Å². The van der Waals surface area contributed by atoms with E-state index in [1.54, 1.807) is 23.8 Å². The summed E-state index contributed by atoms with van der Waals surface area (Å²) in [4.78, 5) is 13.2. The van der Waals surface area contributed by atoms with E-state index in [1.165, 1.54) is 18.4 Å². The van der Waals surface area contributed by atoms with Gasteiger partial charge in [-0.15, -0.1) is 11.3 Å². The molecule has 40 heavy (non-hydrogen) atoms. The average Bonchev–Trinajstić information content (AvgIpc) is 3.61. The molecule has 4 rings (SSSR count). The van der Waals surface area contributed by atoms with Crippen LogP contribution in [0.1, 0.15) is 70.1 Å². The summed E-state index contributed by atoms with van der Waals surface area (Å²) >= 11 is 1.35. The predicted octanol–water partition coefficient (Wildman–Crippen LogP) is 7.59. The number of carbonyl (C=O) groups excluding carboxylic acids is 1. The summed E-state index contributed by atoms with van der Waals surface area (Å²) in [6.45, 7) is 3.39. The van der Waals surface area contributed by atoms with Crippen molar-refractivity contribution in [2.45, 2.75) is 58.5 Å². The molecule has 1 unspecified atom stereocenters. The molecule has 0 saturated heterocycles. The molecule has 1 atom stereocenters. The lowest BCUT2D eigenvalue weighted by Gasteiger charge is -2.20. The van der Waals surface area contributed by atoms with Crippen molar-refractivity contribution in [3.05, 3.63) is 99.4 Å². The second-order valence-electron chi connectivity index (χ2n) is 9.50. The molecule has 0 radical (unpaired) electrons. The molecule has 4 aromatic rings. The van der Waals surface area contributed by atoms with Crippen LogP contribution in [0.3, 0.4) is 0 Å². The summed E-state index contributed by atoms with van der Waals surface area (Å²) < 4.78 is 24.1. The smallest absolute Gasteiger partial charge is 0.348 e. The van der Waals surface area contributed by atoms with Gasteiger partial charge in [0.05, 0.1) is 45.8 Å². The van der Waals surface area contributed by atoms with Gasteiger partial charge in [-0.3, -0.25) is 4.57 Å². The van der Waals surface area contributed by atoms with Crippen molar-refractivity contribution in [3.63, 3.8) is 0 Å². The third-order valence-electron chi connectivity index (χ3n) is 6.69. The number of hydrogen-bond donors (Lipinski definition) is 1. The van der Waals surface area contributed by atoms with E-state index in [2.05, 4.69) is 19.1 Å². The van der Waals surface area contributed by atoms with E-state index >= 15 is 0 Å². The number of nitrogens with zero attached hydrogens (tertiary/aromatic N) is 1. The second-order valence-corrected chi connectivity index (χ2v) is 10.7. The summed E-state index contributed by atoms with van der Waals surface area (Å²) in [6, 6.07) is 23.2. The van der Waals surface area contributed by atoms with Gasteiger partial charge in [0.2, 0.25) is 0 Å². The number of unbranched alkanes of at least 4 members (excludes halogenated alkanes) is 2. The van der Waals surface area contributed by atoms with Gasteiger partial charge in [0, 0.05) is 16.6 Å². The lowest BCUT2D eigenvalue weighted by atomic mass is 10.0. The van der Waals surface area contributed by atoms with Gasteiger partial charge in [0.1, 0.15) is 10.6 Å². The van der Waals surface area contributed by atoms with Crippen LogP contribution in [-0.2, 0) is 34.0 Å². The lowest BCUT2D eigenvalue weighted by molar-refractivity contribution is 0.0322. The topological polar surface area (TPSA) is 79.2 Å². The molecular formula is C32H37NO6S. The van der Waals surface area contributed by atoms with Crippen molar-refractivity contribution in [1.82, 2.24) is 4.57 Å². The van der Waals surface area contributed by atoms with E-state index in [-0.39, 0.29) is 18.0 Å². The van der Waals surface area contributed by atoms with E-state index in [0.29, 0.717) is 24.7 Å². The number of hydrogen-bond acceptors (Lipinski definition) is 7. The van der Waals surface area contributed by atoms with Gasteiger partial charge in [-0.05, 0) is 60.0 Å². The molecule has 2 heterocycles. The molecule has 0 saturated carbocycles. The summed E-state index contributed by atoms with van der Waals surface area (Å²) in [5.41, 5.74) is 3.88. The Bertz CT molecular complexity index is 1340. The van der Waals surface area contributed by atoms with Crippen LogP contribution >= 0.6 is 11.3 Å². The Hall–Kier alpha value is -3.59. The van der Waals surface area contributed by atoms with Crippen LogP contribution in [0.2, 0.25) is 0 Å². The van der Waals surface area contributed by atoms with Crippen LogP contribution in [0.4, 0.5) is 0 Å². The number of thiophene rings is 1. The number of esters is 1. The molecule has 1 N–H and O–H groups in total. The Morgan fingerprint density at radius 2 is 1.68 bits per heavy atom. The molecule has 0 aliphatic carbocycles. The van der Waals surface area contributed by atoms with E-state index in [1.807, 2.05) is 48.5 Å². The van der Waals surface area contributed by atoms with Crippen LogP contribution in [-0.4, -0.2) is 29.9 Å². The Morgan fingerprint density at radius 3 is 2.38 bits per heavy atom. The summed E-state index contributed by atoms with van der Waals surface area (Å²) in [5.74, 6) is 0.624. The molecular weight excluding hydrogens is 526 g/mol. The normalized spacial score (nSPS) is 11.9. The van der Waals surface area contributed by atoms with Crippen molar-refractivity contribution >= 4 is 17.3 Å². The zero-order chi connectivity index (χ0) is 28.3. The number of benzene rings is 2. The quantitative estimate of drug-likeness (QED) is 0.119. The number of rotatable bonds is 15. The average molecular weight is 564 g/mol. The maximum absolute atomic E-state index is 11.7. The highest BCUT2D eigenvalue weighted by Crippen LogP contribution is 2.29. The maximum atomic E-state index is 11.7. The number of carbonyl (C=O) groups is 1. The number of aromatic hydroxyl groups is 1. The molecule has 212 valence electrons. The molecule has 0 bridgehead atoms. The number of aromatic nitrogens is 1. The van der Waals surface area contributed by atoms with E-state index in [4.69, 9.17) is 18.9 Å². The Kier molecular flexibility index (Phi) is 10.8. The predicted molar refractivity (Wildman–Crippen MR) is 156 cm³/mol. The fourth-order valence-corrected chi connectivity index (χ4v) is 5.35. The zero-order valence-electron chi connectivity index (χ0n) is 23.3. The molecule has 0 amide bonds. The van der Waals surface area contributed by atoms with E-state index in [9.17, 15) is 9.90 Å². The van der Waals surface area contributed by atoms with Crippen LogP contribution in [0, 0.1) is 0 Å². The minimum Gasteiger partial charge on any atom is -0.497 e. The minimum atomic E-state index is -0.350. The first-order chi connectivity index (χ1) is 19.5. The van der Waals surface area contributed by atoms with Crippen molar-refractivity contribution < 1.29 is 28.8 Å². The fraction of sp³-hybridized carbons (Fsp3) is 0.344. The number of methoxy groups -OCH3 is 2. The Morgan fingerprint density at radius 1 is 0.900 bits per heavy atom. The highest BCUT2D eigenvalue weighted by Gasteiger charge is 2.15. The first-order valence-electron chi connectivity index (χ1n) is 13.5. The SMILES string of the molecule is CCCCCC(OCc1ccc(OC)cc1)c1ccc(-n2c(O)ccc2COCc2ccc(C(=O)OC)s2)cc1. The van der Waals surface area contributed by atoms with Gasteiger partial charge in [-0.2, -0.15) is 0 Å². The third kappa shape index (κ3) is 7.75. The van der Waals surface area contributed by atoms with Crippen molar-refractivity contribution in [1.29, 1.82) is 0 Å². The van der Waals surface area contributed by atoms with Gasteiger partial charge in [0.25, 0.3) is 0 Å². The first-order valence-corrected chi connectivity index (χ1v) is 14.3. The van der Waals surface area contributed by atoms with Crippen molar-refractivity contribution in [3.8, 4) is 17.3 Å². The zero-order valence-corrected chi connectivity index (χ0v) is 24.1. The highest BCUT2D eigenvalue weighted by atomic mass is 32.1. The van der Waals surface area contributed by atoms with Crippen LogP contribution < -0.4 is 4.74 Å². The largest absolute Gasteiger partial charge is 0.497 e. The molecule has 7 nitrogen and oxygen atoms in total. The van der Waals surface area contributed by atoms with Crippen LogP contribution in [0.25, 0.3) is 5.69 Å². The third-order valence-corrected chi connectivity index (χ3v) is 7.73. The first kappa shape index (κ1) is 29.4. The second kappa shape index (κ2) is 14.7. The summed E-state index contributed by atoms with van der Waals surface area (Å²) in [7, 11) is 3.03. The van der Waals surface area contributed by atoms with Gasteiger partial charge in [-0.25, -0.2) is 4.79 Å². The maximum Gasteiger partial charge on any atom is 0.348 e. The molecule has 0 spiro atoms. The van der Waals surface area contributed by atoms with Gasteiger partial charge in [-0.1, -0.05) is 50.5 Å². The van der Waals surface area contributed by atoms with Gasteiger partial charge < -0.3 is 24.1 Å². The molecule has 2 aromatic carbocycles. The van der Waals surface area contributed by atoms with E-state index < -0.39 is 0 Å². The molecule has 0 fully saturated rings. The minimum absolute atomic E-state index is 0.0237. The molecule has 0 aliphatic heterocycles. The van der Waals surface area contributed by atoms with Crippen molar-refractivity contribution in [2.75, 3.05) is 14.2 Å². The Labute approximate surface area is 239 Å². The standard InChI is InChI=1S/C32H37NO6S/c1-4-5-6-7-29(39-20-23-8-15-27(36-2)16-9-23)24-10-12-25(13-11-24)33-26(14-19-31(33)34)21-38-22-28-17-18-30(40-28)32(35)37-3/h8-19,29,34H,4-7,20-22H2,1-3H3. The summed E-state index contributed by atoms with van der Waals surface area (Å²) in [5, 5.41) is 10.6. The molecule has 2 aromatic heterocycles. The van der Waals surface area contributed by atoms with Crippen LogP contribution in [0.15, 0.2) is 72.8 Å². The summed E-state index contributed by atoms with van der Waals surface area (Å²) in [6.07, 6.45) is 4.33. The highest BCUT2D eigenvalue weighted by molar-refractivity contribution is 7.13. The molecule has 8 heteroatoms. The lowest BCUT2D eigenvalue weighted by Crippen LogP contribution is -2.06. The molecule has 0 aliphatic rings. The monoisotopic (exact) mass is 563 g/mol. The Balaban J connectivity index is 1.41. The van der Waals surface area contributed by atoms with Gasteiger partial charge in [0.15, 0.2) is 5.88 Å². The van der Waals surface area contributed by atoms with Gasteiger partial charge >= 0.3 is 5.97 Å².